The van der Waals surface area contributed by atoms with E-state index in [4.69, 9.17) is 13.9 Å². The van der Waals surface area contributed by atoms with Crippen molar-refractivity contribution in [3.8, 4) is 0 Å². The molecule has 1 fully saturated rings. The molecule has 1 saturated heterocycles. The summed E-state index contributed by atoms with van der Waals surface area (Å²) in [4.78, 5) is 12.5. The second kappa shape index (κ2) is 6.99. The van der Waals surface area contributed by atoms with Gasteiger partial charge in [0.05, 0.1) is 12.7 Å². The van der Waals surface area contributed by atoms with Crippen LogP contribution in [0, 0.1) is 0 Å². The first-order chi connectivity index (χ1) is 10.1. The largest absolute Gasteiger partial charge is 0.464 e. The molecule has 130 valence electrons. The maximum absolute atomic E-state index is 12.5. The van der Waals surface area contributed by atoms with Gasteiger partial charge in [-0.15, -0.1) is 0 Å². The Morgan fingerprint density at radius 2 is 1.95 bits per heavy atom. The molecule has 3 atom stereocenters. The first-order valence-corrected chi connectivity index (χ1v) is 11.1. The lowest BCUT2D eigenvalue weighted by Gasteiger charge is -2.40. The van der Waals surface area contributed by atoms with Gasteiger partial charge in [0.15, 0.2) is 8.32 Å². The third-order valence-corrected chi connectivity index (χ3v) is 9.32. The SMILES string of the molecule is CCOC(=O)[C@]1([C@@H](CCO)O[Si](C)(C)C(C)(C)C)O[C@@H]1CC. The number of carbonyl (C=O) groups excluding carboxylic acids is 1. The fourth-order valence-corrected chi connectivity index (χ4v) is 3.79. The molecule has 1 aliphatic rings. The van der Waals surface area contributed by atoms with Crippen molar-refractivity contribution in [2.24, 2.45) is 0 Å². The van der Waals surface area contributed by atoms with Crippen LogP contribution < -0.4 is 0 Å². The van der Waals surface area contributed by atoms with Gasteiger partial charge in [-0.2, -0.15) is 0 Å². The van der Waals surface area contributed by atoms with E-state index in [2.05, 4.69) is 33.9 Å². The number of hydrogen-bond acceptors (Lipinski definition) is 5. The van der Waals surface area contributed by atoms with E-state index in [0.717, 1.165) is 6.42 Å². The fourth-order valence-electron chi connectivity index (χ4n) is 2.44. The highest BCUT2D eigenvalue weighted by Gasteiger charge is 2.68. The van der Waals surface area contributed by atoms with E-state index in [0.29, 0.717) is 13.0 Å². The molecular weight excluding hydrogens is 300 g/mol. The second-order valence-electron chi connectivity index (χ2n) is 7.41. The Kier molecular flexibility index (Phi) is 6.23. The first-order valence-electron chi connectivity index (χ1n) is 8.20. The molecular formula is C16H32O5Si. The van der Waals surface area contributed by atoms with Crippen molar-refractivity contribution in [1.82, 2.24) is 0 Å². The van der Waals surface area contributed by atoms with E-state index in [-0.39, 0.29) is 23.7 Å². The molecule has 0 amide bonds. The maximum Gasteiger partial charge on any atom is 0.343 e. The monoisotopic (exact) mass is 332 g/mol. The molecule has 0 saturated carbocycles. The summed E-state index contributed by atoms with van der Waals surface area (Å²) in [6, 6.07) is 0. The molecule has 0 radical (unpaired) electrons. The van der Waals surface area contributed by atoms with E-state index < -0.39 is 20.0 Å². The van der Waals surface area contributed by atoms with Gasteiger partial charge in [-0.25, -0.2) is 4.79 Å². The second-order valence-corrected chi connectivity index (χ2v) is 12.2. The third kappa shape index (κ3) is 3.72. The van der Waals surface area contributed by atoms with E-state index in [1.54, 1.807) is 6.92 Å². The van der Waals surface area contributed by atoms with Crippen LogP contribution in [0.2, 0.25) is 18.1 Å². The minimum Gasteiger partial charge on any atom is -0.464 e. The summed E-state index contributed by atoms with van der Waals surface area (Å²) in [5.74, 6) is -0.362. The molecule has 0 bridgehead atoms. The number of rotatable bonds is 8. The van der Waals surface area contributed by atoms with Crippen molar-refractivity contribution < 1.29 is 23.8 Å². The van der Waals surface area contributed by atoms with Crippen LogP contribution in [0.5, 0.6) is 0 Å². The molecule has 1 heterocycles. The van der Waals surface area contributed by atoms with Crippen LogP contribution >= 0.6 is 0 Å². The average Bonchev–Trinajstić information content (AvgIpc) is 3.12. The van der Waals surface area contributed by atoms with E-state index in [9.17, 15) is 9.90 Å². The summed E-state index contributed by atoms with van der Waals surface area (Å²) in [5, 5.41) is 9.45. The van der Waals surface area contributed by atoms with Crippen molar-refractivity contribution in [3.05, 3.63) is 0 Å². The lowest BCUT2D eigenvalue weighted by molar-refractivity contribution is -0.154. The minimum atomic E-state index is -2.09. The Hall–Kier alpha value is -0.433. The van der Waals surface area contributed by atoms with E-state index >= 15 is 0 Å². The van der Waals surface area contributed by atoms with Gasteiger partial charge in [-0.05, 0) is 37.9 Å². The van der Waals surface area contributed by atoms with Gasteiger partial charge in [-0.3, -0.25) is 0 Å². The van der Waals surface area contributed by atoms with Crippen LogP contribution in [0.1, 0.15) is 47.5 Å². The summed E-state index contributed by atoms with van der Waals surface area (Å²) in [7, 11) is -2.09. The number of esters is 1. The van der Waals surface area contributed by atoms with Crippen LogP contribution in [0.25, 0.3) is 0 Å². The van der Waals surface area contributed by atoms with Gasteiger partial charge in [0.2, 0.25) is 5.60 Å². The summed E-state index contributed by atoms with van der Waals surface area (Å²) in [5.41, 5.74) is -1.04. The van der Waals surface area contributed by atoms with Crippen molar-refractivity contribution >= 4 is 14.3 Å². The molecule has 1 N–H and O–H groups in total. The highest BCUT2D eigenvalue weighted by atomic mass is 28.4. The zero-order valence-corrected chi connectivity index (χ0v) is 16.1. The van der Waals surface area contributed by atoms with E-state index in [1.165, 1.54) is 0 Å². The number of hydrogen-bond donors (Lipinski definition) is 1. The maximum atomic E-state index is 12.5. The average molecular weight is 333 g/mol. The van der Waals surface area contributed by atoms with Crippen molar-refractivity contribution in [2.45, 2.75) is 83.4 Å². The third-order valence-electron chi connectivity index (χ3n) is 4.84. The van der Waals surface area contributed by atoms with Crippen LogP contribution in [0.4, 0.5) is 0 Å². The predicted octanol–water partition coefficient (Wildman–Crippen LogP) is 2.87. The number of aliphatic hydroxyl groups excluding tert-OH is 1. The van der Waals surface area contributed by atoms with Gasteiger partial charge in [0, 0.05) is 6.61 Å². The van der Waals surface area contributed by atoms with Gasteiger partial charge >= 0.3 is 5.97 Å². The Morgan fingerprint density at radius 1 is 1.36 bits per heavy atom. The molecule has 0 unspecified atom stereocenters. The number of aliphatic hydroxyl groups is 1. The number of epoxide rings is 1. The van der Waals surface area contributed by atoms with Crippen LogP contribution in [-0.4, -0.2) is 50.4 Å². The summed E-state index contributed by atoms with van der Waals surface area (Å²) in [6.45, 7) is 14.8. The highest BCUT2D eigenvalue weighted by molar-refractivity contribution is 6.74. The molecule has 22 heavy (non-hydrogen) atoms. The fraction of sp³-hybridized carbons (Fsp3) is 0.938. The molecule has 1 aliphatic heterocycles. The predicted molar refractivity (Wildman–Crippen MR) is 88.3 cm³/mol. The Bertz CT molecular complexity index is 390. The standard InChI is InChI=1S/C16H32O5Si/c1-8-12-16(20-12,14(18)19-9-2)13(10-11-17)21-22(6,7)15(3,4)5/h12-13,17H,8-11H2,1-7H3/t12-,13-,16+/m1/s1. The van der Waals surface area contributed by atoms with Crippen molar-refractivity contribution in [1.29, 1.82) is 0 Å². The quantitative estimate of drug-likeness (QED) is 0.420. The molecule has 0 aromatic heterocycles. The lowest BCUT2D eigenvalue weighted by Crippen LogP contribution is -2.52. The van der Waals surface area contributed by atoms with E-state index in [1.807, 2.05) is 6.92 Å². The van der Waals surface area contributed by atoms with Crippen molar-refractivity contribution in [2.75, 3.05) is 13.2 Å². The molecule has 0 spiro atoms. The summed E-state index contributed by atoms with van der Waals surface area (Å²) in [6.07, 6.45) is 0.457. The van der Waals surface area contributed by atoms with Crippen LogP contribution in [-0.2, 0) is 18.7 Å². The van der Waals surface area contributed by atoms with Gasteiger partial charge in [0.25, 0.3) is 0 Å². The first kappa shape index (κ1) is 19.6. The highest BCUT2D eigenvalue weighted by Crippen LogP contribution is 2.48. The summed E-state index contributed by atoms with van der Waals surface area (Å²) < 4.78 is 17.4. The van der Waals surface area contributed by atoms with Crippen molar-refractivity contribution in [3.63, 3.8) is 0 Å². The molecule has 6 heteroatoms. The van der Waals surface area contributed by atoms with Gasteiger partial charge in [0.1, 0.15) is 6.10 Å². The van der Waals surface area contributed by atoms with Crippen LogP contribution in [0.3, 0.4) is 0 Å². The normalized spacial score (nSPS) is 26.6. The smallest absolute Gasteiger partial charge is 0.343 e. The topological polar surface area (TPSA) is 68.3 Å². The lowest BCUT2D eigenvalue weighted by atomic mass is 9.94. The zero-order chi connectivity index (χ0) is 17.2. The Balaban J connectivity index is 3.04. The Labute approximate surface area is 135 Å². The number of carbonyl (C=O) groups is 1. The summed E-state index contributed by atoms with van der Waals surface area (Å²) >= 11 is 0. The van der Waals surface area contributed by atoms with Gasteiger partial charge < -0.3 is 19.0 Å². The molecule has 0 aromatic rings. The molecule has 0 aromatic carbocycles. The number of ether oxygens (including phenoxy) is 2. The molecule has 1 rings (SSSR count). The Morgan fingerprint density at radius 3 is 2.32 bits per heavy atom. The molecule has 5 nitrogen and oxygen atoms in total. The zero-order valence-electron chi connectivity index (χ0n) is 15.1. The molecule has 0 aliphatic carbocycles. The minimum absolute atomic E-state index is 0.0210. The van der Waals surface area contributed by atoms with Crippen LogP contribution in [0.15, 0.2) is 0 Å². The van der Waals surface area contributed by atoms with Gasteiger partial charge in [-0.1, -0.05) is 27.7 Å².